The molecule has 0 unspecified atom stereocenters. The Labute approximate surface area is 178 Å². The summed E-state index contributed by atoms with van der Waals surface area (Å²) in [6.45, 7) is 4.06. The number of nitrogens with zero attached hydrogens (tertiary/aromatic N) is 3. The van der Waals surface area contributed by atoms with Gasteiger partial charge in [-0.1, -0.05) is 25.1 Å². The predicted octanol–water partition coefficient (Wildman–Crippen LogP) is 4.07. The summed E-state index contributed by atoms with van der Waals surface area (Å²) in [5.74, 6) is 0.300. The lowest BCUT2D eigenvalue weighted by atomic mass is 10.2. The molecule has 4 aromatic rings. The third kappa shape index (κ3) is 4.32. The van der Waals surface area contributed by atoms with E-state index in [0.29, 0.717) is 41.8 Å². The fraction of sp³-hybridized carbons (Fsp3) is 0.217. The zero-order valence-electron chi connectivity index (χ0n) is 17.3. The van der Waals surface area contributed by atoms with Gasteiger partial charge in [0, 0.05) is 23.0 Å². The third-order valence-corrected chi connectivity index (χ3v) is 4.78. The van der Waals surface area contributed by atoms with Crippen molar-refractivity contribution >= 4 is 28.5 Å². The highest BCUT2D eigenvalue weighted by Gasteiger charge is 2.18. The smallest absolute Gasteiger partial charge is 0.338 e. The van der Waals surface area contributed by atoms with E-state index < -0.39 is 5.97 Å². The van der Waals surface area contributed by atoms with E-state index in [1.807, 2.05) is 41.8 Å². The molecule has 0 aliphatic carbocycles. The molecule has 0 atom stereocenters. The van der Waals surface area contributed by atoms with Crippen LogP contribution in [0.2, 0.25) is 0 Å². The molecule has 31 heavy (non-hydrogen) atoms. The van der Waals surface area contributed by atoms with E-state index in [4.69, 9.17) is 9.15 Å². The molecule has 0 saturated heterocycles. The molecule has 1 amide bonds. The summed E-state index contributed by atoms with van der Waals surface area (Å²) in [6, 6.07) is 16.3. The van der Waals surface area contributed by atoms with Crippen LogP contribution < -0.4 is 5.32 Å². The minimum absolute atomic E-state index is 0.0618. The van der Waals surface area contributed by atoms with E-state index in [2.05, 4.69) is 15.5 Å². The fourth-order valence-corrected chi connectivity index (χ4v) is 3.31. The molecule has 2 aromatic heterocycles. The summed E-state index contributed by atoms with van der Waals surface area (Å²) in [5.41, 5.74) is 2.59. The molecular formula is C23H22N4O4. The Balaban J connectivity index is 1.57. The van der Waals surface area contributed by atoms with Crippen molar-refractivity contribution in [3.05, 3.63) is 66.1 Å². The lowest BCUT2D eigenvalue weighted by molar-refractivity contribution is -0.116. The zero-order valence-corrected chi connectivity index (χ0v) is 17.3. The molecule has 8 nitrogen and oxygen atoms in total. The van der Waals surface area contributed by atoms with Crippen LogP contribution in [0.5, 0.6) is 0 Å². The second kappa shape index (κ2) is 8.83. The van der Waals surface area contributed by atoms with E-state index in [1.165, 1.54) is 0 Å². The summed E-state index contributed by atoms with van der Waals surface area (Å²) in [5, 5.41) is 12.0. The molecule has 1 N–H and O–H groups in total. The van der Waals surface area contributed by atoms with Crippen molar-refractivity contribution in [2.45, 2.75) is 26.8 Å². The van der Waals surface area contributed by atoms with Gasteiger partial charge in [0.15, 0.2) is 0 Å². The molecule has 0 saturated carbocycles. The van der Waals surface area contributed by atoms with Crippen molar-refractivity contribution in [2.24, 2.45) is 0 Å². The number of anilines is 1. The minimum atomic E-state index is -0.394. The first-order chi connectivity index (χ1) is 15.1. The number of para-hydroxylation sites is 1. The summed E-state index contributed by atoms with van der Waals surface area (Å²) >= 11 is 0. The molecule has 0 radical (unpaired) electrons. The number of esters is 1. The number of aryl methyl sites for hydroxylation is 1. The number of aromatic nitrogens is 3. The molecule has 0 bridgehead atoms. The standard InChI is InChI=1S/C23H22N4O4/c1-3-21-25-26-22(31-21)19-13-16-7-5-6-8-18(16)27(19)14-20(28)24-17-11-9-15(10-12-17)23(29)30-4-2/h5-13H,3-4,14H2,1-2H3,(H,24,28). The van der Waals surface area contributed by atoms with Crippen molar-refractivity contribution in [3.63, 3.8) is 0 Å². The van der Waals surface area contributed by atoms with Gasteiger partial charge in [0.05, 0.1) is 12.2 Å². The lowest BCUT2D eigenvalue weighted by Gasteiger charge is -2.10. The predicted molar refractivity (Wildman–Crippen MR) is 116 cm³/mol. The normalized spacial score (nSPS) is 10.9. The molecule has 2 aromatic carbocycles. The molecule has 0 aliphatic rings. The number of rotatable bonds is 7. The van der Waals surface area contributed by atoms with E-state index in [9.17, 15) is 9.59 Å². The number of ether oxygens (including phenoxy) is 1. The summed E-state index contributed by atoms with van der Waals surface area (Å²) in [4.78, 5) is 24.6. The molecule has 158 valence electrons. The molecule has 0 aliphatic heterocycles. The number of fused-ring (bicyclic) bond motifs is 1. The highest BCUT2D eigenvalue weighted by atomic mass is 16.5. The van der Waals surface area contributed by atoms with Crippen LogP contribution in [0.15, 0.2) is 59.0 Å². The van der Waals surface area contributed by atoms with E-state index in [0.717, 1.165) is 10.9 Å². The minimum Gasteiger partial charge on any atom is -0.462 e. The van der Waals surface area contributed by atoms with Gasteiger partial charge in [-0.05, 0) is 43.3 Å². The maximum Gasteiger partial charge on any atom is 0.338 e. The number of amides is 1. The van der Waals surface area contributed by atoms with Crippen molar-refractivity contribution in [1.29, 1.82) is 0 Å². The van der Waals surface area contributed by atoms with Crippen LogP contribution in [-0.4, -0.2) is 33.2 Å². The van der Waals surface area contributed by atoms with Gasteiger partial charge in [-0.15, -0.1) is 10.2 Å². The molecular weight excluding hydrogens is 396 g/mol. The Hall–Kier alpha value is -3.94. The Morgan fingerprint density at radius 1 is 1.06 bits per heavy atom. The van der Waals surface area contributed by atoms with Crippen molar-refractivity contribution < 1.29 is 18.7 Å². The lowest BCUT2D eigenvalue weighted by Crippen LogP contribution is -2.19. The largest absolute Gasteiger partial charge is 0.462 e. The average molecular weight is 418 g/mol. The molecule has 0 spiro atoms. The van der Waals surface area contributed by atoms with Gasteiger partial charge in [-0.2, -0.15) is 0 Å². The van der Waals surface area contributed by atoms with Crippen LogP contribution in [0, 0.1) is 0 Å². The van der Waals surface area contributed by atoms with Crippen LogP contribution in [0.4, 0.5) is 5.69 Å². The van der Waals surface area contributed by atoms with Crippen LogP contribution >= 0.6 is 0 Å². The second-order valence-corrected chi connectivity index (χ2v) is 6.88. The van der Waals surface area contributed by atoms with Gasteiger partial charge in [-0.3, -0.25) is 4.79 Å². The number of hydrogen-bond acceptors (Lipinski definition) is 6. The Morgan fingerprint density at radius 2 is 1.84 bits per heavy atom. The summed E-state index contributed by atoms with van der Waals surface area (Å²) in [6.07, 6.45) is 0.634. The van der Waals surface area contributed by atoms with Crippen LogP contribution in [-0.2, 0) is 22.5 Å². The quantitative estimate of drug-likeness (QED) is 0.454. The van der Waals surface area contributed by atoms with E-state index >= 15 is 0 Å². The van der Waals surface area contributed by atoms with Gasteiger partial charge in [0.2, 0.25) is 11.8 Å². The fourth-order valence-electron chi connectivity index (χ4n) is 3.31. The number of carbonyl (C=O) groups excluding carboxylic acids is 2. The maximum atomic E-state index is 12.8. The molecule has 0 fully saturated rings. The Kier molecular flexibility index (Phi) is 5.79. The van der Waals surface area contributed by atoms with Gasteiger partial charge >= 0.3 is 5.97 Å². The van der Waals surface area contributed by atoms with Crippen molar-refractivity contribution in [1.82, 2.24) is 14.8 Å². The average Bonchev–Trinajstić information content (AvgIpc) is 3.39. The van der Waals surface area contributed by atoms with Crippen LogP contribution in [0.3, 0.4) is 0 Å². The number of benzene rings is 2. The third-order valence-electron chi connectivity index (χ3n) is 4.78. The molecule has 4 rings (SSSR count). The number of hydrogen-bond donors (Lipinski definition) is 1. The first-order valence-corrected chi connectivity index (χ1v) is 10.1. The number of carbonyl (C=O) groups is 2. The zero-order chi connectivity index (χ0) is 21.8. The highest BCUT2D eigenvalue weighted by Crippen LogP contribution is 2.27. The Morgan fingerprint density at radius 3 is 2.55 bits per heavy atom. The van der Waals surface area contributed by atoms with Crippen molar-refractivity contribution in [3.8, 4) is 11.6 Å². The maximum absolute atomic E-state index is 12.8. The van der Waals surface area contributed by atoms with Gasteiger partial charge < -0.3 is 19.0 Å². The highest BCUT2D eigenvalue weighted by molar-refractivity contribution is 5.95. The molecule has 2 heterocycles. The van der Waals surface area contributed by atoms with Gasteiger partial charge in [-0.25, -0.2) is 4.79 Å². The monoisotopic (exact) mass is 418 g/mol. The summed E-state index contributed by atoms with van der Waals surface area (Å²) < 4.78 is 12.6. The van der Waals surface area contributed by atoms with Crippen molar-refractivity contribution in [2.75, 3.05) is 11.9 Å². The van der Waals surface area contributed by atoms with Gasteiger partial charge in [0.1, 0.15) is 12.2 Å². The molecule has 8 heteroatoms. The van der Waals surface area contributed by atoms with Crippen LogP contribution in [0.1, 0.15) is 30.1 Å². The first kappa shape index (κ1) is 20.3. The number of nitrogens with one attached hydrogen (secondary N) is 1. The first-order valence-electron chi connectivity index (χ1n) is 10.1. The SMILES string of the molecule is CCOC(=O)c1ccc(NC(=O)Cn2c(-c3nnc(CC)o3)cc3ccccc32)cc1. The topological polar surface area (TPSA) is 99.2 Å². The van der Waals surface area contributed by atoms with Gasteiger partial charge in [0.25, 0.3) is 5.89 Å². The Bertz CT molecular complexity index is 1220. The van der Waals surface area contributed by atoms with Crippen LogP contribution in [0.25, 0.3) is 22.5 Å². The summed E-state index contributed by atoms with van der Waals surface area (Å²) in [7, 11) is 0. The van der Waals surface area contributed by atoms with E-state index in [1.54, 1.807) is 31.2 Å². The second-order valence-electron chi connectivity index (χ2n) is 6.88. The van der Waals surface area contributed by atoms with E-state index in [-0.39, 0.29) is 12.5 Å².